The van der Waals surface area contributed by atoms with Crippen molar-refractivity contribution in [3.05, 3.63) is 40.7 Å². The van der Waals surface area contributed by atoms with Crippen LogP contribution in [0.3, 0.4) is 0 Å². The standard InChI is InChI=1S/C17H17F3N2O3/c1-4-25-15(24)8-22-11(3)16(10(2)21-22)14-6-5-13(17(18,19)20)7-12(14)9-23/h5-7,9H,4,8H2,1-3H3. The molecule has 1 heterocycles. The molecule has 0 N–H and O–H groups in total. The minimum atomic E-state index is -4.53. The second kappa shape index (κ2) is 7.08. The van der Waals surface area contributed by atoms with E-state index in [0.717, 1.165) is 12.1 Å². The Morgan fingerprint density at radius 1 is 1.32 bits per heavy atom. The number of esters is 1. The van der Waals surface area contributed by atoms with E-state index in [2.05, 4.69) is 5.10 Å². The molecule has 25 heavy (non-hydrogen) atoms. The number of carbonyl (C=O) groups is 2. The summed E-state index contributed by atoms with van der Waals surface area (Å²) in [6.45, 7) is 5.15. The van der Waals surface area contributed by atoms with E-state index in [1.165, 1.54) is 10.7 Å². The van der Waals surface area contributed by atoms with Gasteiger partial charge in [0.05, 0.1) is 17.9 Å². The number of hydrogen-bond donors (Lipinski definition) is 0. The van der Waals surface area contributed by atoms with E-state index in [-0.39, 0.29) is 18.7 Å². The molecule has 0 amide bonds. The van der Waals surface area contributed by atoms with Gasteiger partial charge in [-0.25, -0.2) is 0 Å². The van der Waals surface area contributed by atoms with Gasteiger partial charge in [-0.05, 0) is 38.5 Å². The highest BCUT2D eigenvalue weighted by molar-refractivity contribution is 5.89. The van der Waals surface area contributed by atoms with Gasteiger partial charge < -0.3 is 4.74 Å². The Kier molecular flexibility index (Phi) is 5.30. The van der Waals surface area contributed by atoms with Gasteiger partial charge in [-0.15, -0.1) is 0 Å². The molecule has 0 aliphatic rings. The molecule has 2 aromatic rings. The summed E-state index contributed by atoms with van der Waals surface area (Å²) in [5.74, 6) is -0.470. The zero-order valence-electron chi connectivity index (χ0n) is 14.0. The van der Waals surface area contributed by atoms with E-state index in [9.17, 15) is 22.8 Å². The van der Waals surface area contributed by atoms with Crippen molar-refractivity contribution in [1.29, 1.82) is 0 Å². The average molecular weight is 354 g/mol. The smallest absolute Gasteiger partial charge is 0.416 e. The summed E-state index contributed by atoms with van der Waals surface area (Å²) in [7, 11) is 0. The minimum Gasteiger partial charge on any atom is -0.465 e. The number of carbonyl (C=O) groups excluding carboxylic acids is 2. The Hall–Kier alpha value is -2.64. The number of halogens is 3. The first kappa shape index (κ1) is 18.7. The number of rotatable bonds is 5. The zero-order chi connectivity index (χ0) is 18.8. The van der Waals surface area contributed by atoms with Crippen LogP contribution in [0.4, 0.5) is 13.2 Å². The first-order valence-electron chi connectivity index (χ1n) is 7.55. The van der Waals surface area contributed by atoms with Gasteiger partial charge in [0.1, 0.15) is 6.54 Å². The van der Waals surface area contributed by atoms with Crippen LogP contribution in [0.5, 0.6) is 0 Å². The molecule has 134 valence electrons. The van der Waals surface area contributed by atoms with E-state index >= 15 is 0 Å². The molecule has 0 saturated heterocycles. The van der Waals surface area contributed by atoms with E-state index in [4.69, 9.17) is 4.74 Å². The van der Waals surface area contributed by atoms with Crippen LogP contribution in [0.25, 0.3) is 11.1 Å². The lowest BCUT2D eigenvalue weighted by atomic mass is 9.96. The lowest BCUT2D eigenvalue weighted by Crippen LogP contribution is -2.15. The third-order valence-corrected chi connectivity index (χ3v) is 3.74. The van der Waals surface area contributed by atoms with Gasteiger partial charge in [-0.2, -0.15) is 18.3 Å². The van der Waals surface area contributed by atoms with Crippen molar-refractivity contribution in [3.8, 4) is 11.1 Å². The van der Waals surface area contributed by atoms with Gasteiger partial charge in [0, 0.05) is 16.8 Å². The minimum absolute atomic E-state index is 0.0864. The van der Waals surface area contributed by atoms with Crippen molar-refractivity contribution in [2.24, 2.45) is 0 Å². The van der Waals surface area contributed by atoms with E-state index in [0.29, 0.717) is 28.8 Å². The molecule has 0 bridgehead atoms. The summed E-state index contributed by atoms with van der Waals surface area (Å²) in [6.07, 6.45) is -4.15. The number of hydrogen-bond acceptors (Lipinski definition) is 4. The number of nitrogens with zero attached hydrogens (tertiary/aromatic N) is 2. The van der Waals surface area contributed by atoms with Crippen molar-refractivity contribution in [2.45, 2.75) is 33.5 Å². The summed E-state index contributed by atoms with van der Waals surface area (Å²) in [5, 5.41) is 4.23. The highest BCUT2D eigenvalue weighted by Gasteiger charge is 2.31. The molecule has 0 saturated carbocycles. The number of ether oxygens (including phenoxy) is 1. The predicted octanol–water partition coefficient (Wildman–Crippen LogP) is 3.56. The van der Waals surface area contributed by atoms with Gasteiger partial charge in [0.2, 0.25) is 0 Å². The summed E-state index contributed by atoms with van der Waals surface area (Å²) < 4.78 is 44.8. The molecule has 0 fully saturated rings. The Morgan fingerprint density at radius 3 is 2.56 bits per heavy atom. The fourth-order valence-electron chi connectivity index (χ4n) is 2.63. The molecule has 0 radical (unpaired) electrons. The second-order valence-corrected chi connectivity index (χ2v) is 5.43. The number of aldehydes is 1. The molecule has 5 nitrogen and oxygen atoms in total. The van der Waals surface area contributed by atoms with Crippen molar-refractivity contribution >= 4 is 12.3 Å². The first-order valence-corrected chi connectivity index (χ1v) is 7.55. The Morgan fingerprint density at radius 2 is 2.00 bits per heavy atom. The fourth-order valence-corrected chi connectivity index (χ4v) is 2.63. The van der Waals surface area contributed by atoms with Gasteiger partial charge in [0.15, 0.2) is 6.29 Å². The summed E-state index contributed by atoms with van der Waals surface area (Å²) in [5.41, 5.74) is 0.954. The SMILES string of the molecule is CCOC(=O)Cn1nc(C)c(-c2ccc(C(F)(F)F)cc2C=O)c1C. The number of alkyl halides is 3. The third-order valence-electron chi connectivity index (χ3n) is 3.74. The van der Waals surface area contributed by atoms with Gasteiger partial charge in [-0.1, -0.05) is 6.07 Å². The summed E-state index contributed by atoms with van der Waals surface area (Å²) >= 11 is 0. The second-order valence-electron chi connectivity index (χ2n) is 5.43. The molecule has 8 heteroatoms. The molecule has 1 aromatic heterocycles. The van der Waals surface area contributed by atoms with Crippen molar-refractivity contribution in [1.82, 2.24) is 9.78 Å². The molecular weight excluding hydrogens is 337 g/mol. The third kappa shape index (κ3) is 3.89. The van der Waals surface area contributed by atoms with E-state index < -0.39 is 17.7 Å². The Balaban J connectivity index is 2.50. The molecule has 2 rings (SSSR count). The number of aryl methyl sites for hydroxylation is 1. The number of benzene rings is 1. The van der Waals surface area contributed by atoms with Crippen molar-refractivity contribution in [3.63, 3.8) is 0 Å². The molecule has 0 spiro atoms. The van der Waals surface area contributed by atoms with Crippen LogP contribution in [0.1, 0.15) is 34.2 Å². The van der Waals surface area contributed by atoms with Crippen LogP contribution >= 0.6 is 0 Å². The monoisotopic (exact) mass is 354 g/mol. The van der Waals surface area contributed by atoms with Crippen molar-refractivity contribution in [2.75, 3.05) is 6.61 Å². The topological polar surface area (TPSA) is 61.2 Å². The summed E-state index contributed by atoms with van der Waals surface area (Å²) in [4.78, 5) is 22.9. The predicted molar refractivity (Wildman–Crippen MR) is 84.2 cm³/mol. The van der Waals surface area contributed by atoms with Gasteiger partial charge >= 0.3 is 12.1 Å². The molecule has 1 aromatic carbocycles. The summed E-state index contributed by atoms with van der Waals surface area (Å²) in [6, 6.07) is 2.98. The largest absolute Gasteiger partial charge is 0.465 e. The first-order chi connectivity index (χ1) is 11.7. The Bertz CT molecular complexity index is 810. The molecule has 0 aliphatic heterocycles. The van der Waals surface area contributed by atoms with Gasteiger partial charge in [-0.3, -0.25) is 14.3 Å². The fraction of sp³-hybridized carbons (Fsp3) is 0.353. The maximum atomic E-state index is 12.8. The van der Waals surface area contributed by atoms with E-state index in [1.807, 2.05) is 0 Å². The molecular formula is C17H17F3N2O3. The molecule has 0 unspecified atom stereocenters. The number of aromatic nitrogens is 2. The van der Waals surface area contributed by atoms with Crippen LogP contribution in [0.2, 0.25) is 0 Å². The normalized spacial score (nSPS) is 11.4. The lowest BCUT2D eigenvalue weighted by Gasteiger charge is -2.11. The van der Waals surface area contributed by atoms with Gasteiger partial charge in [0.25, 0.3) is 0 Å². The lowest BCUT2D eigenvalue weighted by molar-refractivity contribution is -0.144. The highest BCUT2D eigenvalue weighted by atomic mass is 19.4. The molecule has 0 aliphatic carbocycles. The van der Waals surface area contributed by atoms with E-state index in [1.54, 1.807) is 20.8 Å². The Labute approximate surface area is 142 Å². The van der Waals surface area contributed by atoms with Crippen LogP contribution in [0.15, 0.2) is 18.2 Å². The van der Waals surface area contributed by atoms with Crippen LogP contribution in [0, 0.1) is 13.8 Å². The van der Waals surface area contributed by atoms with Crippen LogP contribution < -0.4 is 0 Å². The van der Waals surface area contributed by atoms with Crippen molar-refractivity contribution < 1.29 is 27.5 Å². The average Bonchev–Trinajstić information content (AvgIpc) is 2.80. The van der Waals surface area contributed by atoms with Crippen LogP contribution in [-0.2, 0) is 22.3 Å². The maximum Gasteiger partial charge on any atom is 0.416 e. The highest BCUT2D eigenvalue weighted by Crippen LogP contribution is 2.35. The maximum absolute atomic E-state index is 12.8. The quantitative estimate of drug-likeness (QED) is 0.608. The molecule has 0 atom stereocenters. The zero-order valence-corrected chi connectivity index (χ0v) is 14.0. The van der Waals surface area contributed by atoms with Crippen LogP contribution in [-0.4, -0.2) is 28.6 Å².